The van der Waals surface area contributed by atoms with Gasteiger partial charge in [-0.05, 0) is 42.0 Å². The van der Waals surface area contributed by atoms with E-state index in [1.54, 1.807) is 30.0 Å². The fourth-order valence-corrected chi connectivity index (χ4v) is 4.66. The summed E-state index contributed by atoms with van der Waals surface area (Å²) in [5, 5.41) is 8.38. The van der Waals surface area contributed by atoms with E-state index in [1.165, 1.54) is 12.4 Å². The molecule has 0 fully saturated rings. The van der Waals surface area contributed by atoms with Crippen LogP contribution in [-0.4, -0.2) is 21.9 Å². The number of fused-ring (bicyclic) bond motifs is 3. The Balaban J connectivity index is 1.63. The van der Waals surface area contributed by atoms with Crippen LogP contribution in [-0.2, 0) is 0 Å². The van der Waals surface area contributed by atoms with Crippen molar-refractivity contribution in [3.05, 3.63) is 106 Å². The molecule has 2 atom stereocenters. The van der Waals surface area contributed by atoms with Crippen molar-refractivity contribution >= 4 is 23.2 Å². The maximum absolute atomic E-state index is 15.1. The molecule has 164 valence electrons. The molecule has 2 aliphatic rings. The van der Waals surface area contributed by atoms with Crippen LogP contribution in [0.1, 0.15) is 28.8 Å². The molecular weight excluding hydrogens is 443 g/mol. The molecule has 0 spiro atoms. The molecule has 1 N–H and O–H groups in total. The highest BCUT2D eigenvalue weighted by atomic mass is 35.5. The highest BCUT2D eigenvalue weighted by Crippen LogP contribution is 2.51. The third-order valence-corrected chi connectivity index (χ3v) is 6.23. The summed E-state index contributed by atoms with van der Waals surface area (Å²) in [7, 11) is 1.62. The zero-order valence-electron chi connectivity index (χ0n) is 17.5. The lowest BCUT2D eigenvalue weighted by Gasteiger charge is -2.39. The number of hydrogen-bond donors (Lipinski definition) is 1. The predicted octanol–water partition coefficient (Wildman–Crippen LogP) is 5.64. The minimum atomic E-state index is -0.570. The third kappa shape index (κ3) is 3.15. The van der Waals surface area contributed by atoms with Crippen molar-refractivity contribution in [3.8, 4) is 11.5 Å². The zero-order valence-corrected chi connectivity index (χ0v) is 18.3. The number of nitrogens with zero attached hydrogens (tertiary/aromatic N) is 3. The average Bonchev–Trinajstić information content (AvgIpc) is 3.31. The Morgan fingerprint density at radius 3 is 2.70 bits per heavy atom. The van der Waals surface area contributed by atoms with Crippen molar-refractivity contribution in [2.24, 2.45) is 0 Å². The molecule has 8 heteroatoms. The van der Waals surface area contributed by atoms with Gasteiger partial charge in [0.2, 0.25) is 5.95 Å². The van der Waals surface area contributed by atoms with Crippen LogP contribution in [0.4, 0.5) is 10.3 Å². The van der Waals surface area contributed by atoms with E-state index in [1.807, 2.05) is 42.5 Å². The Morgan fingerprint density at radius 1 is 1.09 bits per heavy atom. The van der Waals surface area contributed by atoms with E-state index in [-0.39, 0.29) is 5.82 Å². The summed E-state index contributed by atoms with van der Waals surface area (Å²) in [4.78, 5) is 4.36. The smallest absolute Gasteiger partial charge is 0.226 e. The first-order valence-corrected chi connectivity index (χ1v) is 10.8. The molecule has 0 bridgehead atoms. The van der Waals surface area contributed by atoms with E-state index in [0.29, 0.717) is 22.3 Å². The molecule has 0 saturated heterocycles. The largest absolute Gasteiger partial charge is 0.497 e. The topological polar surface area (TPSA) is 61.2 Å². The van der Waals surface area contributed by atoms with E-state index in [9.17, 15) is 0 Å². The lowest BCUT2D eigenvalue weighted by Crippen LogP contribution is -2.32. The van der Waals surface area contributed by atoms with Gasteiger partial charge in [-0.2, -0.15) is 10.1 Å². The van der Waals surface area contributed by atoms with Crippen LogP contribution in [0, 0.1) is 5.82 Å². The first kappa shape index (κ1) is 19.8. The van der Waals surface area contributed by atoms with Gasteiger partial charge in [0.05, 0.1) is 12.8 Å². The summed E-state index contributed by atoms with van der Waals surface area (Å²) < 4.78 is 28.7. The van der Waals surface area contributed by atoms with Gasteiger partial charge >= 0.3 is 0 Å². The van der Waals surface area contributed by atoms with Gasteiger partial charge in [0, 0.05) is 21.7 Å². The van der Waals surface area contributed by atoms with Crippen molar-refractivity contribution in [2.45, 2.75) is 12.1 Å². The first-order chi connectivity index (χ1) is 16.1. The minimum Gasteiger partial charge on any atom is -0.497 e. The van der Waals surface area contributed by atoms with Crippen molar-refractivity contribution in [1.29, 1.82) is 0 Å². The summed E-state index contributed by atoms with van der Waals surface area (Å²) in [6, 6.07) is 19.3. The number of ether oxygens (including phenoxy) is 2. The zero-order chi connectivity index (χ0) is 22.5. The minimum absolute atomic E-state index is 0.330. The van der Waals surface area contributed by atoms with Crippen LogP contribution >= 0.6 is 11.6 Å². The standard InChI is InChI=1S/C25H18ClFN4O2/c1-32-16-9-6-14(7-10-16)24-21-22(18-12-15(26)8-11-20(18)33-24)30-25-28-13-29-31(25)23(21)17-4-2-3-5-19(17)27/h2-13,23-24H,1H3,(H,28,29,30)/t23-,24+/m0/s1. The number of nitrogens with one attached hydrogen (secondary N) is 1. The molecule has 3 aromatic carbocycles. The SMILES string of the molecule is COc1ccc([C@H]2Oc3ccc(Cl)cc3C3=C2[C@H](c2ccccc2F)n2ncnc2N3)cc1. The second-order valence-electron chi connectivity index (χ2n) is 7.82. The summed E-state index contributed by atoms with van der Waals surface area (Å²) in [5.74, 6) is 1.60. The lowest BCUT2D eigenvalue weighted by molar-refractivity contribution is 0.222. The highest BCUT2D eigenvalue weighted by Gasteiger charge is 2.41. The van der Waals surface area contributed by atoms with Gasteiger partial charge in [-0.1, -0.05) is 41.9 Å². The Kier molecular flexibility index (Phi) is 4.58. The van der Waals surface area contributed by atoms with Crippen LogP contribution < -0.4 is 14.8 Å². The lowest BCUT2D eigenvalue weighted by atomic mass is 9.84. The van der Waals surface area contributed by atoms with Crippen molar-refractivity contribution in [3.63, 3.8) is 0 Å². The molecule has 0 aliphatic carbocycles. The Bertz CT molecular complexity index is 1400. The molecule has 2 aliphatic heterocycles. The van der Waals surface area contributed by atoms with E-state index in [0.717, 1.165) is 28.1 Å². The first-order valence-electron chi connectivity index (χ1n) is 10.4. The Labute approximate surface area is 194 Å². The molecule has 3 heterocycles. The molecule has 33 heavy (non-hydrogen) atoms. The summed E-state index contributed by atoms with van der Waals surface area (Å²) >= 11 is 6.34. The van der Waals surface area contributed by atoms with Crippen LogP contribution in [0.2, 0.25) is 5.02 Å². The second-order valence-corrected chi connectivity index (χ2v) is 8.26. The maximum Gasteiger partial charge on any atom is 0.226 e. The number of halogens is 2. The van der Waals surface area contributed by atoms with Crippen LogP contribution in [0.25, 0.3) is 5.70 Å². The number of methoxy groups -OCH3 is 1. The second kappa shape index (κ2) is 7.64. The molecule has 0 radical (unpaired) electrons. The highest BCUT2D eigenvalue weighted by molar-refractivity contribution is 6.30. The number of aromatic nitrogens is 3. The van der Waals surface area contributed by atoms with Gasteiger partial charge in [-0.25, -0.2) is 9.07 Å². The number of hydrogen-bond acceptors (Lipinski definition) is 5. The van der Waals surface area contributed by atoms with Gasteiger partial charge in [0.1, 0.15) is 35.8 Å². The molecule has 6 rings (SSSR count). The molecule has 0 amide bonds. The fraction of sp³-hybridized carbons (Fsp3) is 0.120. The van der Waals surface area contributed by atoms with Crippen LogP contribution in [0.5, 0.6) is 11.5 Å². The van der Waals surface area contributed by atoms with Crippen LogP contribution in [0.15, 0.2) is 78.6 Å². The molecule has 0 unspecified atom stereocenters. The molecule has 6 nitrogen and oxygen atoms in total. The Hall–Kier alpha value is -3.84. The van der Waals surface area contributed by atoms with E-state index >= 15 is 4.39 Å². The van der Waals surface area contributed by atoms with Gasteiger partial charge in [-0.3, -0.25) is 0 Å². The van der Waals surface area contributed by atoms with Crippen molar-refractivity contribution in [2.75, 3.05) is 12.4 Å². The predicted molar refractivity (Wildman–Crippen MR) is 123 cm³/mol. The van der Waals surface area contributed by atoms with Gasteiger partial charge in [-0.15, -0.1) is 0 Å². The summed E-state index contributed by atoms with van der Waals surface area (Å²) in [5.41, 5.74) is 3.77. The monoisotopic (exact) mass is 460 g/mol. The summed E-state index contributed by atoms with van der Waals surface area (Å²) in [6.45, 7) is 0. The van der Waals surface area contributed by atoms with E-state index < -0.39 is 12.1 Å². The van der Waals surface area contributed by atoms with E-state index in [2.05, 4.69) is 15.4 Å². The Morgan fingerprint density at radius 2 is 1.91 bits per heavy atom. The normalized spacial score (nSPS) is 18.5. The number of rotatable bonds is 3. The van der Waals surface area contributed by atoms with Gasteiger partial charge < -0.3 is 14.8 Å². The van der Waals surface area contributed by atoms with Crippen LogP contribution in [0.3, 0.4) is 0 Å². The summed E-state index contributed by atoms with van der Waals surface area (Å²) in [6.07, 6.45) is 0.950. The third-order valence-electron chi connectivity index (χ3n) is 5.99. The molecule has 1 aromatic heterocycles. The van der Waals surface area contributed by atoms with Crippen molar-refractivity contribution < 1.29 is 13.9 Å². The van der Waals surface area contributed by atoms with Gasteiger partial charge in [0.15, 0.2) is 0 Å². The molecule has 4 aromatic rings. The molecule has 0 saturated carbocycles. The van der Waals surface area contributed by atoms with Crippen molar-refractivity contribution in [1.82, 2.24) is 14.8 Å². The molecular formula is C25H18ClFN4O2. The maximum atomic E-state index is 15.1. The number of benzene rings is 3. The fourth-order valence-electron chi connectivity index (χ4n) is 4.49. The quantitative estimate of drug-likeness (QED) is 0.428. The average molecular weight is 461 g/mol. The van der Waals surface area contributed by atoms with Gasteiger partial charge in [0.25, 0.3) is 0 Å². The number of anilines is 1. The van der Waals surface area contributed by atoms with E-state index in [4.69, 9.17) is 21.1 Å².